The number of ether oxygens (including phenoxy) is 1. The summed E-state index contributed by atoms with van der Waals surface area (Å²) < 4.78 is 5.30. The lowest BCUT2D eigenvalue weighted by atomic mass is 9.94. The maximum Gasteiger partial charge on any atom is 0.307 e. The van der Waals surface area contributed by atoms with Gasteiger partial charge in [0, 0.05) is 17.5 Å². The summed E-state index contributed by atoms with van der Waals surface area (Å²) in [4.78, 5) is 13.1. The number of thiophene rings is 1. The van der Waals surface area contributed by atoms with Crippen LogP contribution in [-0.4, -0.2) is 18.1 Å². The standard InChI is InChI=1S/C15H23NO2S/c1-15(2,3)18-14(17)7-9-16-12-5-4-6-13-11(12)8-10-19-13/h8,10,12,16H,4-7,9H2,1-3H3. The molecule has 0 aromatic carbocycles. The van der Waals surface area contributed by atoms with Crippen LogP contribution < -0.4 is 5.32 Å². The molecule has 1 aliphatic carbocycles. The first-order valence-electron chi connectivity index (χ1n) is 6.97. The summed E-state index contributed by atoms with van der Waals surface area (Å²) in [5.74, 6) is -0.124. The topological polar surface area (TPSA) is 38.3 Å². The van der Waals surface area contributed by atoms with Crippen LogP contribution in [0.15, 0.2) is 11.4 Å². The Balaban J connectivity index is 1.77. The molecule has 0 saturated carbocycles. The summed E-state index contributed by atoms with van der Waals surface area (Å²) >= 11 is 1.85. The van der Waals surface area contributed by atoms with Crippen molar-refractivity contribution in [1.82, 2.24) is 5.32 Å². The maximum absolute atomic E-state index is 11.6. The summed E-state index contributed by atoms with van der Waals surface area (Å²) in [6, 6.07) is 2.63. The van der Waals surface area contributed by atoms with E-state index >= 15 is 0 Å². The number of esters is 1. The van der Waals surface area contributed by atoms with Gasteiger partial charge in [-0.15, -0.1) is 11.3 Å². The highest BCUT2D eigenvalue weighted by molar-refractivity contribution is 7.10. The monoisotopic (exact) mass is 281 g/mol. The van der Waals surface area contributed by atoms with Gasteiger partial charge in [-0.05, 0) is 57.0 Å². The van der Waals surface area contributed by atoms with Crippen molar-refractivity contribution >= 4 is 17.3 Å². The highest BCUT2D eigenvalue weighted by atomic mass is 32.1. The fourth-order valence-corrected chi connectivity index (χ4v) is 3.43. The summed E-state index contributed by atoms with van der Waals surface area (Å²) in [6.45, 7) is 6.39. The molecule has 1 N–H and O–H groups in total. The summed E-state index contributed by atoms with van der Waals surface area (Å²) in [5, 5.41) is 5.65. The lowest BCUT2D eigenvalue weighted by molar-refractivity contribution is -0.154. The number of rotatable bonds is 4. The van der Waals surface area contributed by atoms with E-state index in [9.17, 15) is 4.79 Å². The molecule has 1 aromatic rings. The van der Waals surface area contributed by atoms with Gasteiger partial charge < -0.3 is 10.1 Å². The van der Waals surface area contributed by atoms with Crippen LogP contribution in [0.1, 0.15) is 56.5 Å². The SMILES string of the molecule is CC(C)(C)OC(=O)CCNC1CCCc2sccc21. The van der Waals surface area contributed by atoms with E-state index in [1.165, 1.54) is 23.3 Å². The average Bonchev–Trinajstić information content (AvgIpc) is 2.75. The number of aryl methyl sites for hydroxylation is 1. The molecule has 1 aliphatic rings. The van der Waals surface area contributed by atoms with Crippen molar-refractivity contribution in [2.75, 3.05) is 6.54 Å². The molecule has 106 valence electrons. The van der Waals surface area contributed by atoms with Crippen LogP contribution in [0.5, 0.6) is 0 Å². The van der Waals surface area contributed by atoms with Gasteiger partial charge in [0.15, 0.2) is 0 Å². The smallest absolute Gasteiger partial charge is 0.307 e. The lowest BCUT2D eigenvalue weighted by Crippen LogP contribution is -2.29. The van der Waals surface area contributed by atoms with Crippen molar-refractivity contribution in [2.45, 2.75) is 58.1 Å². The number of nitrogens with one attached hydrogen (secondary N) is 1. The third kappa shape index (κ3) is 4.32. The number of carbonyl (C=O) groups is 1. The van der Waals surface area contributed by atoms with Gasteiger partial charge in [-0.1, -0.05) is 0 Å². The molecule has 0 fully saturated rings. The Hall–Kier alpha value is -0.870. The van der Waals surface area contributed by atoms with Crippen LogP contribution in [0.4, 0.5) is 0 Å². The predicted molar refractivity (Wildman–Crippen MR) is 78.5 cm³/mol. The van der Waals surface area contributed by atoms with E-state index in [0.717, 1.165) is 6.42 Å². The molecule has 0 amide bonds. The minimum absolute atomic E-state index is 0.124. The van der Waals surface area contributed by atoms with Crippen LogP contribution in [-0.2, 0) is 16.0 Å². The molecular formula is C15H23NO2S. The second-order valence-electron chi connectivity index (χ2n) is 6.03. The van der Waals surface area contributed by atoms with Crippen molar-refractivity contribution in [3.8, 4) is 0 Å². The molecule has 0 aliphatic heterocycles. The highest BCUT2D eigenvalue weighted by Crippen LogP contribution is 2.33. The van der Waals surface area contributed by atoms with Crippen LogP contribution in [0.2, 0.25) is 0 Å². The van der Waals surface area contributed by atoms with Crippen LogP contribution >= 0.6 is 11.3 Å². The minimum atomic E-state index is -0.386. The number of fused-ring (bicyclic) bond motifs is 1. The Morgan fingerprint density at radius 3 is 3.05 bits per heavy atom. The fourth-order valence-electron chi connectivity index (χ4n) is 2.44. The van der Waals surface area contributed by atoms with E-state index < -0.39 is 0 Å². The van der Waals surface area contributed by atoms with E-state index in [4.69, 9.17) is 4.74 Å². The second-order valence-corrected chi connectivity index (χ2v) is 7.04. The van der Waals surface area contributed by atoms with Gasteiger partial charge in [0.1, 0.15) is 5.60 Å². The van der Waals surface area contributed by atoms with Crippen LogP contribution in [0.3, 0.4) is 0 Å². The van der Waals surface area contributed by atoms with Gasteiger partial charge in [-0.3, -0.25) is 4.79 Å². The van der Waals surface area contributed by atoms with Gasteiger partial charge in [0.2, 0.25) is 0 Å². The molecule has 1 unspecified atom stereocenters. The van der Waals surface area contributed by atoms with Crippen molar-refractivity contribution in [2.24, 2.45) is 0 Å². The normalized spacial score (nSPS) is 19.0. The first kappa shape index (κ1) is 14.5. The average molecular weight is 281 g/mol. The third-order valence-corrected chi connectivity index (χ3v) is 4.19. The zero-order valence-electron chi connectivity index (χ0n) is 12.0. The van der Waals surface area contributed by atoms with Gasteiger partial charge in [-0.2, -0.15) is 0 Å². The molecule has 0 bridgehead atoms. The molecule has 1 aromatic heterocycles. The highest BCUT2D eigenvalue weighted by Gasteiger charge is 2.21. The van der Waals surface area contributed by atoms with E-state index in [1.54, 1.807) is 0 Å². The number of hydrogen-bond acceptors (Lipinski definition) is 4. The van der Waals surface area contributed by atoms with Gasteiger partial charge in [0.25, 0.3) is 0 Å². The van der Waals surface area contributed by atoms with Gasteiger partial charge in [-0.25, -0.2) is 0 Å². The molecule has 2 rings (SSSR count). The molecular weight excluding hydrogens is 258 g/mol. The van der Waals surface area contributed by atoms with E-state index in [1.807, 2.05) is 32.1 Å². The summed E-state index contributed by atoms with van der Waals surface area (Å²) in [7, 11) is 0. The van der Waals surface area contributed by atoms with Gasteiger partial charge >= 0.3 is 5.97 Å². The molecule has 0 saturated heterocycles. The van der Waals surface area contributed by atoms with Crippen molar-refractivity contribution < 1.29 is 9.53 Å². The first-order chi connectivity index (χ1) is 8.96. The first-order valence-corrected chi connectivity index (χ1v) is 7.85. The molecule has 1 heterocycles. The Bertz CT molecular complexity index is 434. The number of hydrogen-bond donors (Lipinski definition) is 1. The molecule has 19 heavy (non-hydrogen) atoms. The Labute approximate surface area is 119 Å². The minimum Gasteiger partial charge on any atom is -0.460 e. The van der Waals surface area contributed by atoms with Crippen molar-refractivity contribution in [1.29, 1.82) is 0 Å². The van der Waals surface area contributed by atoms with Crippen LogP contribution in [0.25, 0.3) is 0 Å². The fraction of sp³-hybridized carbons (Fsp3) is 0.667. The Morgan fingerprint density at radius 2 is 2.32 bits per heavy atom. The Kier molecular flexibility index (Phi) is 4.63. The third-order valence-electron chi connectivity index (χ3n) is 3.19. The lowest BCUT2D eigenvalue weighted by Gasteiger charge is -2.24. The number of carbonyl (C=O) groups excluding carboxylic acids is 1. The molecule has 4 heteroatoms. The molecule has 0 spiro atoms. The predicted octanol–water partition coefficient (Wildman–Crippen LogP) is 3.45. The zero-order valence-corrected chi connectivity index (χ0v) is 12.8. The van der Waals surface area contributed by atoms with E-state index in [-0.39, 0.29) is 11.6 Å². The van der Waals surface area contributed by atoms with E-state index in [2.05, 4.69) is 16.8 Å². The summed E-state index contributed by atoms with van der Waals surface area (Å²) in [5.41, 5.74) is 1.04. The molecule has 0 radical (unpaired) electrons. The second kappa shape index (κ2) is 6.06. The van der Waals surface area contributed by atoms with Gasteiger partial charge in [0.05, 0.1) is 6.42 Å². The maximum atomic E-state index is 11.6. The molecule has 1 atom stereocenters. The quantitative estimate of drug-likeness (QED) is 0.859. The van der Waals surface area contributed by atoms with E-state index in [0.29, 0.717) is 19.0 Å². The van der Waals surface area contributed by atoms with Crippen molar-refractivity contribution in [3.63, 3.8) is 0 Å². The molecule has 3 nitrogen and oxygen atoms in total. The zero-order chi connectivity index (χ0) is 13.9. The van der Waals surface area contributed by atoms with Crippen LogP contribution in [0, 0.1) is 0 Å². The largest absolute Gasteiger partial charge is 0.460 e. The summed E-state index contributed by atoms with van der Waals surface area (Å²) in [6.07, 6.45) is 4.04. The Morgan fingerprint density at radius 1 is 1.53 bits per heavy atom. The van der Waals surface area contributed by atoms with Crippen molar-refractivity contribution in [3.05, 3.63) is 21.9 Å².